The topological polar surface area (TPSA) is 106 Å². The minimum atomic E-state index is -0.863. The van der Waals surface area contributed by atoms with Crippen LogP contribution >= 0.6 is 11.8 Å². The van der Waals surface area contributed by atoms with Crippen LogP contribution in [-0.2, 0) is 14.4 Å². The van der Waals surface area contributed by atoms with Gasteiger partial charge in [0.2, 0.25) is 17.7 Å². The Morgan fingerprint density at radius 2 is 2.09 bits per heavy atom. The number of nitrogens with one attached hydrogen (secondary N) is 2. The van der Waals surface area contributed by atoms with Crippen molar-refractivity contribution in [3.8, 4) is 18.4 Å². The Morgan fingerprint density at radius 1 is 1.35 bits per heavy atom. The van der Waals surface area contributed by atoms with Crippen molar-refractivity contribution >= 4 is 40.9 Å². The van der Waals surface area contributed by atoms with E-state index in [4.69, 9.17) is 6.42 Å². The van der Waals surface area contributed by atoms with Crippen LogP contribution in [0.25, 0.3) is 0 Å². The first kappa shape index (κ1) is 27.1. The van der Waals surface area contributed by atoms with Crippen molar-refractivity contribution in [2.24, 2.45) is 11.8 Å². The maximum absolute atomic E-state index is 12.9. The van der Waals surface area contributed by atoms with E-state index < -0.39 is 11.8 Å². The molecule has 1 heterocycles. The molecule has 34 heavy (non-hydrogen) atoms. The number of anilines is 2. The standard InChI is InChI=1S/C25H33N5O3S/c1-6-12-28-23(31)18(16-26)14-22-30(7-2)25(33)21(34-22)11-13-27-19-9-8-10-20(15-19)29(5)24(32)17(3)4/h1,8-10,15,17-18,21-22,27H,7,11-14H2,2-5H3,(H,28,31). The zero-order valence-corrected chi connectivity index (χ0v) is 21.0. The molecular weight excluding hydrogens is 450 g/mol. The number of hydrogen-bond acceptors (Lipinski definition) is 6. The third-order valence-corrected chi connectivity index (χ3v) is 7.16. The van der Waals surface area contributed by atoms with Crippen LogP contribution in [0.1, 0.15) is 33.6 Å². The predicted octanol–water partition coefficient (Wildman–Crippen LogP) is 2.68. The third-order valence-electron chi connectivity index (χ3n) is 5.64. The van der Waals surface area contributed by atoms with Gasteiger partial charge in [0.15, 0.2) is 0 Å². The summed E-state index contributed by atoms with van der Waals surface area (Å²) in [5.41, 5.74) is 1.67. The van der Waals surface area contributed by atoms with Crippen molar-refractivity contribution in [3.05, 3.63) is 24.3 Å². The Morgan fingerprint density at radius 3 is 2.71 bits per heavy atom. The maximum atomic E-state index is 12.9. The van der Waals surface area contributed by atoms with E-state index in [1.807, 2.05) is 51.1 Å². The predicted molar refractivity (Wildman–Crippen MR) is 136 cm³/mol. The van der Waals surface area contributed by atoms with E-state index in [0.29, 0.717) is 19.5 Å². The van der Waals surface area contributed by atoms with Gasteiger partial charge >= 0.3 is 0 Å². The van der Waals surface area contributed by atoms with Crippen LogP contribution in [0.5, 0.6) is 0 Å². The average Bonchev–Trinajstić information content (AvgIpc) is 3.13. The van der Waals surface area contributed by atoms with Gasteiger partial charge < -0.3 is 20.4 Å². The summed E-state index contributed by atoms with van der Waals surface area (Å²) in [5.74, 6) is 1.03. The van der Waals surface area contributed by atoms with E-state index >= 15 is 0 Å². The lowest BCUT2D eigenvalue weighted by molar-refractivity contribution is -0.131. The molecule has 9 heteroatoms. The molecule has 1 aliphatic rings. The monoisotopic (exact) mass is 483 g/mol. The Balaban J connectivity index is 1.96. The SMILES string of the molecule is C#CCNC(=O)C(C#N)CC1SC(CCNc2cccc(N(C)C(=O)C(C)C)c2)C(=O)N1CC. The van der Waals surface area contributed by atoms with Crippen molar-refractivity contribution in [1.82, 2.24) is 10.2 Å². The summed E-state index contributed by atoms with van der Waals surface area (Å²) in [6.45, 7) is 6.79. The number of amides is 3. The van der Waals surface area contributed by atoms with Crippen LogP contribution in [0.15, 0.2) is 24.3 Å². The summed E-state index contributed by atoms with van der Waals surface area (Å²) in [4.78, 5) is 40.7. The van der Waals surface area contributed by atoms with Crippen molar-refractivity contribution < 1.29 is 14.4 Å². The van der Waals surface area contributed by atoms with Gasteiger partial charge in [-0.25, -0.2) is 0 Å². The highest BCUT2D eigenvalue weighted by atomic mass is 32.2. The number of benzene rings is 1. The molecule has 0 radical (unpaired) electrons. The van der Waals surface area contributed by atoms with Gasteiger partial charge in [-0.05, 0) is 31.5 Å². The number of terminal acetylenes is 1. The fourth-order valence-electron chi connectivity index (χ4n) is 3.75. The van der Waals surface area contributed by atoms with Gasteiger partial charge in [-0.15, -0.1) is 18.2 Å². The van der Waals surface area contributed by atoms with E-state index in [0.717, 1.165) is 11.4 Å². The van der Waals surface area contributed by atoms with Crippen molar-refractivity contribution in [1.29, 1.82) is 5.26 Å². The zero-order chi connectivity index (χ0) is 25.3. The van der Waals surface area contributed by atoms with Gasteiger partial charge in [-0.2, -0.15) is 5.26 Å². The van der Waals surface area contributed by atoms with Crippen LogP contribution in [-0.4, -0.2) is 59.9 Å². The molecular formula is C25H33N5O3S. The number of thioether (sulfide) groups is 1. The van der Waals surface area contributed by atoms with Gasteiger partial charge in [0.05, 0.1) is 23.2 Å². The minimum Gasteiger partial charge on any atom is -0.385 e. The van der Waals surface area contributed by atoms with Gasteiger partial charge in [0.25, 0.3) is 0 Å². The largest absolute Gasteiger partial charge is 0.385 e. The molecule has 2 N–H and O–H groups in total. The normalized spacial score (nSPS) is 18.2. The zero-order valence-electron chi connectivity index (χ0n) is 20.2. The summed E-state index contributed by atoms with van der Waals surface area (Å²) in [5, 5.41) is 14.8. The first-order valence-electron chi connectivity index (χ1n) is 11.4. The molecule has 3 unspecified atom stereocenters. The van der Waals surface area contributed by atoms with Crippen LogP contribution in [0.4, 0.5) is 11.4 Å². The van der Waals surface area contributed by atoms with E-state index in [-0.39, 0.29) is 41.3 Å². The average molecular weight is 484 g/mol. The second-order valence-corrected chi connectivity index (χ2v) is 9.75. The molecule has 8 nitrogen and oxygen atoms in total. The highest BCUT2D eigenvalue weighted by molar-refractivity contribution is 8.01. The fourth-order valence-corrected chi connectivity index (χ4v) is 5.34. The number of nitrogens with zero attached hydrogens (tertiary/aromatic N) is 3. The number of rotatable bonds is 11. The molecule has 3 atom stereocenters. The summed E-state index contributed by atoms with van der Waals surface area (Å²) in [6, 6.07) is 9.65. The van der Waals surface area contributed by atoms with Crippen molar-refractivity contribution in [2.75, 3.05) is 36.9 Å². The third kappa shape index (κ3) is 6.91. The Bertz CT molecular complexity index is 968. The molecule has 1 saturated heterocycles. The lowest BCUT2D eigenvalue weighted by atomic mass is 10.1. The second kappa shape index (κ2) is 12.9. The molecule has 0 aliphatic carbocycles. The Hall–Kier alpha value is -3.17. The summed E-state index contributed by atoms with van der Waals surface area (Å²) in [7, 11) is 1.76. The van der Waals surface area contributed by atoms with Gasteiger partial charge in [-0.1, -0.05) is 25.8 Å². The number of carbonyl (C=O) groups excluding carboxylic acids is 3. The van der Waals surface area contributed by atoms with E-state index in [9.17, 15) is 19.6 Å². The van der Waals surface area contributed by atoms with E-state index in [2.05, 4.69) is 16.6 Å². The molecule has 1 aliphatic heterocycles. The molecule has 3 amide bonds. The molecule has 0 bridgehead atoms. The first-order chi connectivity index (χ1) is 16.2. The molecule has 1 aromatic rings. The van der Waals surface area contributed by atoms with Gasteiger partial charge in [0.1, 0.15) is 5.92 Å². The van der Waals surface area contributed by atoms with Gasteiger partial charge in [0, 0.05) is 43.9 Å². The first-order valence-corrected chi connectivity index (χ1v) is 12.4. The lowest BCUT2D eigenvalue weighted by Gasteiger charge is -2.23. The summed E-state index contributed by atoms with van der Waals surface area (Å²) in [6.07, 6.45) is 6.03. The lowest BCUT2D eigenvalue weighted by Crippen LogP contribution is -2.38. The molecule has 0 spiro atoms. The van der Waals surface area contributed by atoms with Crippen LogP contribution in [0, 0.1) is 35.5 Å². The molecule has 2 rings (SSSR count). The number of nitriles is 1. The maximum Gasteiger partial charge on any atom is 0.238 e. The highest BCUT2D eigenvalue weighted by Gasteiger charge is 2.40. The molecule has 0 aromatic heterocycles. The van der Waals surface area contributed by atoms with Crippen molar-refractivity contribution in [2.45, 2.75) is 44.2 Å². The van der Waals surface area contributed by atoms with Crippen LogP contribution in [0.2, 0.25) is 0 Å². The highest BCUT2D eigenvalue weighted by Crippen LogP contribution is 2.37. The number of carbonyl (C=O) groups is 3. The molecule has 182 valence electrons. The summed E-state index contributed by atoms with van der Waals surface area (Å²) < 4.78 is 0. The van der Waals surface area contributed by atoms with Crippen molar-refractivity contribution in [3.63, 3.8) is 0 Å². The summed E-state index contributed by atoms with van der Waals surface area (Å²) >= 11 is 1.50. The minimum absolute atomic E-state index is 0.0241. The molecule has 1 aromatic carbocycles. The fraction of sp³-hybridized carbons (Fsp3) is 0.520. The van der Waals surface area contributed by atoms with E-state index in [1.54, 1.807) is 16.8 Å². The quantitative estimate of drug-likeness (QED) is 0.469. The number of hydrogen-bond donors (Lipinski definition) is 2. The van der Waals surface area contributed by atoms with Crippen LogP contribution in [0.3, 0.4) is 0 Å². The smallest absolute Gasteiger partial charge is 0.238 e. The molecule has 0 saturated carbocycles. The van der Waals surface area contributed by atoms with Gasteiger partial charge in [-0.3, -0.25) is 14.4 Å². The van der Waals surface area contributed by atoms with Crippen LogP contribution < -0.4 is 15.5 Å². The molecule has 1 fully saturated rings. The van der Waals surface area contributed by atoms with E-state index in [1.165, 1.54) is 11.8 Å². The second-order valence-electron chi connectivity index (χ2n) is 8.36. The Labute approximate surface area is 206 Å². The Kier molecular flexibility index (Phi) is 10.3.